The van der Waals surface area contributed by atoms with Gasteiger partial charge in [0.05, 0.1) is 0 Å². The topological polar surface area (TPSA) is 73.8 Å². The summed E-state index contributed by atoms with van der Waals surface area (Å²) in [5.41, 5.74) is 6.75. The molecular formula is C11H13ClN4O. The predicted octanol–water partition coefficient (Wildman–Crippen LogP) is 1.09. The molecule has 0 aliphatic carbocycles. The number of nitrogens with two attached hydrogens (primary N) is 1. The molecule has 1 amide bonds. The van der Waals surface area contributed by atoms with Crippen molar-refractivity contribution in [2.45, 2.75) is 19.4 Å². The minimum Gasteiger partial charge on any atom is -0.370 e. The van der Waals surface area contributed by atoms with Crippen LogP contribution in [0.25, 0.3) is 11.2 Å². The van der Waals surface area contributed by atoms with Gasteiger partial charge in [-0.3, -0.25) is 4.79 Å². The molecule has 0 aliphatic heterocycles. The van der Waals surface area contributed by atoms with Gasteiger partial charge in [0, 0.05) is 31.5 Å². The Hall–Kier alpha value is -1.62. The monoisotopic (exact) mass is 252 g/mol. The van der Waals surface area contributed by atoms with E-state index in [0.29, 0.717) is 18.8 Å². The summed E-state index contributed by atoms with van der Waals surface area (Å²) in [6.07, 6.45) is 2.63. The number of fused-ring (bicyclic) bond motifs is 1. The van der Waals surface area contributed by atoms with E-state index < -0.39 is 0 Å². The van der Waals surface area contributed by atoms with Crippen molar-refractivity contribution in [2.24, 2.45) is 5.73 Å². The van der Waals surface area contributed by atoms with Gasteiger partial charge in [0.1, 0.15) is 11.3 Å². The van der Waals surface area contributed by atoms with Gasteiger partial charge < -0.3 is 10.3 Å². The van der Waals surface area contributed by atoms with Gasteiger partial charge in [-0.2, -0.15) is 0 Å². The summed E-state index contributed by atoms with van der Waals surface area (Å²) in [5.74, 6) is 0.995. The number of amides is 1. The number of hydrogen-bond donors (Lipinski definition) is 1. The van der Waals surface area contributed by atoms with Crippen molar-refractivity contribution in [3.63, 3.8) is 0 Å². The van der Waals surface area contributed by atoms with Crippen LogP contribution in [0, 0.1) is 0 Å². The summed E-state index contributed by atoms with van der Waals surface area (Å²) in [7, 11) is 0. The first-order valence-corrected chi connectivity index (χ1v) is 5.90. The molecule has 0 saturated carbocycles. The number of alkyl halides is 1. The first-order valence-electron chi connectivity index (χ1n) is 5.36. The van der Waals surface area contributed by atoms with Gasteiger partial charge >= 0.3 is 0 Å². The van der Waals surface area contributed by atoms with Crippen LogP contribution in [0.4, 0.5) is 0 Å². The number of nitrogens with zero attached hydrogens (tertiary/aromatic N) is 3. The van der Waals surface area contributed by atoms with Crippen LogP contribution in [0.2, 0.25) is 0 Å². The standard InChI is InChI=1S/C11H13ClN4O/c12-5-3-10-15-8-2-1-6-14-11(8)16(10)7-4-9(13)17/h1-2,6H,3-5,7H2,(H2,13,17). The van der Waals surface area contributed by atoms with Crippen LogP contribution in [0.15, 0.2) is 18.3 Å². The van der Waals surface area contributed by atoms with E-state index in [1.165, 1.54) is 0 Å². The van der Waals surface area contributed by atoms with Crippen LogP contribution in [0.1, 0.15) is 12.2 Å². The maximum Gasteiger partial charge on any atom is 0.219 e. The van der Waals surface area contributed by atoms with Gasteiger partial charge in [-0.05, 0) is 12.1 Å². The van der Waals surface area contributed by atoms with Crippen molar-refractivity contribution >= 4 is 28.7 Å². The SMILES string of the molecule is NC(=O)CCn1c(CCCl)nc2cccnc21. The number of aromatic nitrogens is 3. The van der Waals surface area contributed by atoms with Crippen molar-refractivity contribution in [3.05, 3.63) is 24.2 Å². The van der Waals surface area contributed by atoms with E-state index in [-0.39, 0.29) is 12.3 Å². The van der Waals surface area contributed by atoms with E-state index in [1.54, 1.807) is 6.20 Å². The van der Waals surface area contributed by atoms with Crippen LogP contribution in [0.3, 0.4) is 0 Å². The highest BCUT2D eigenvalue weighted by Gasteiger charge is 2.11. The molecule has 5 nitrogen and oxygen atoms in total. The van der Waals surface area contributed by atoms with E-state index in [2.05, 4.69) is 9.97 Å². The minimum atomic E-state index is -0.334. The molecule has 0 fully saturated rings. The fraction of sp³-hybridized carbons (Fsp3) is 0.364. The summed E-state index contributed by atoms with van der Waals surface area (Å²) >= 11 is 5.73. The fourth-order valence-electron chi connectivity index (χ4n) is 1.74. The van der Waals surface area contributed by atoms with Gasteiger partial charge in [-0.1, -0.05) is 0 Å². The van der Waals surface area contributed by atoms with Crippen LogP contribution < -0.4 is 5.73 Å². The molecule has 2 N–H and O–H groups in total. The van der Waals surface area contributed by atoms with Gasteiger partial charge in [-0.15, -0.1) is 11.6 Å². The molecule has 6 heteroatoms. The van der Waals surface area contributed by atoms with Crippen LogP contribution >= 0.6 is 11.6 Å². The molecule has 90 valence electrons. The largest absolute Gasteiger partial charge is 0.370 e. The second-order valence-corrected chi connectivity index (χ2v) is 4.06. The Morgan fingerprint density at radius 1 is 1.53 bits per heavy atom. The summed E-state index contributed by atoms with van der Waals surface area (Å²) in [5, 5.41) is 0. The molecule has 2 heterocycles. The highest BCUT2D eigenvalue weighted by atomic mass is 35.5. The van der Waals surface area contributed by atoms with Crippen molar-refractivity contribution in [2.75, 3.05) is 5.88 Å². The normalized spacial score (nSPS) is 10.9. The van der Waals surface area contributed by atoms with Crippen molar-refractivity contribution in [1.29, 1.82) is 0 Å². The van der Waals surface area contributed by atoms with E-state index in [1.807, 2.05) is 16.7 Å². The Labute approximate surface area is 104 Å². The molecule has 17 heavy (non-hydrogen) atoms. The molecule has 2 aromatic rings. The van der Waals surface area contributed by atoms with E-state index in [4.69, 9.17) is 17.3 Å². The second kappa shape index (κ2) is 5.14. The van der Waals surface area contributed by atoms with Crippen molar-refractivity contribution in [1.82, 2.24) is 14.5 Å². The smallest absolute Gasteiger partial charge is 0.219 e. The predicted molar refractivity (Wildman–Crippen MR) is 65.8 cm³/mol. The van der Waals surface area contributed by atoms with E-state index in [9.17, 15) is 4.79 Å². The highest BCUT2D eigenvalue weighted by Crippen LogP contribution is 2.14. The number of primary amides is 1. The summed E-state index contributed by atoms with van der Waals surface area (Å²) in [4.78, 5) is 19.6. The number of hydrogen-bond acceptors (Lipinski definition) is 3. The number of carbonyl (C=O) groups is 1. The van der Waals surface area contributed by atoms with Gasteiger partial charge in [0.2, 0.25) is 5.91 Å². The lowest BCUT2D eigenvalue weighted by atomic mass is 10.3. The molecule has 0 aliphatic rings. The lowest BCUT2D eigenvalue weighted by Crippen LogP contribution is -2.15. The Morgan fingerprint density at radius 2 is 2.35 bits per heavy atom. The number of pyridine rings is 1. The van der Waals surface area contributed by atoms with Gasteiger partial charge in [-0.25, -0.2) is 9.97 Å². The zero-order valence-electron chi connectivity index (χ0n) is 9.27. The fourth-order valence-corrected chi connectivity index (χ4v) is 1.91. The van der Waals surface area contributed by atoms with Crippen LogP contribution in [0.5, 0.6) is 0 Å². The lowest BCUT2D eigenvalue weighted by Gasteiger charge is -2.05. The third-order valence-corrected chi connectivity index (χ3v) is 2.67. The number of carbonyl (C=O) groups excluding carboxylic acids is 1. The van der Waals surface area contributed by atoms with Crippen molar-refractivity contribution in [3.8, 4) is 0 Å². The maximum absolute atomic E-state index is 10.8. The zero-order chi connectivity index (χ0) is 12.3. The molecule has 0 spiro atoms. The number of halogens is 1. The third kappa shape index (κ3) is 2.55. The van der Waals surface area contributed by atoms with E-state index in [0.717, 1.165) is 17.0 Å². The zero-order valence-corrected chi connectivity index (χ0v) is 10.0. The molecule has 0 saturated heterocycles. The average Bonchev–Trinajstić information content (AvgIpc) is 2.64. The molecule has 2 rings (SSSR count). The highest BCUT2D eigenvalue weighted by molar-refractivity contribution is 6.17. The lowest BCUT2D eigenvalue weighted by molar-refractivity contribution is -0.118. The van der Waals surface area contributed by atoms with Crippen molar-refractivity contribution < 1.29 is 4.79 Å². The summed E-state index contributed by atoms with van der Waals surface area (Å²) in [6, 6.07) is 3.72. The first-order chi connectivity index (χ1) is 8.22. The second-order valence-electron chi connectivity index (χ2n) is 3.68. The quantitative estimate of drug-likeness (QED) is 0.810. The molecular weight excluding hydrogens is 240 g/mol. The van der Waals surface area contributed by atoms with Crippen LogP contribution in [-0.4, -0.2) is 26.3 Å². The first kappa shape index (κ1) is 11.9. The number of rotatable bonds is 5. The summed E-state index contributed by atoms with van der Waals surface area (Å²) in [6.45, 7) is 0.495. The molecule has 0 bridgehead atoms. The van der Waals surface area contributed by atoms with E-state index >= 15 is 0 Å². The third-order valence-electron chi connectivity index (χ3n) is 2.48. The van der Waals surface area contributed by atoms with Gasteiger partial charge in [0.25, 0.3) is 0 Å². The van der Waals surface area contributed by atoms with Gasteiger partial charge in [0.15, 0.2) is 5.65 Å². The van der Waals surface area contributed by atoms with Crippen LogP contribution in [-0.2, 0) is 17.8 Å². The molecule has 0 radical (unpaired) electrons. The Balaban J connectivity index is 2.40. The Kier molecular flexibility index (Phi) is 3.58. The average molecular weight is 253 g/mol. The maximum atomic E-state index is 10.8. The number of imidazole rings is 1. The summed E-state index contributed by atoms with van der Waals surface area (Å²) < 4.78 is 1.91. The molecule has 2 aromatic heterocycles. The minimum absolute atomic E-state index is 0.275. The molecule has 0 unspecified atom stereocenters. The molecule has 0 atom stereocenters. The Morgan fingerprint density at radius 3 is 3.06 bits per heavy atom. The molecule has 0 aromatic carbocycles. The number of aryl methyl sites for hydroxylation is 2. The Bertz CT molecular complexity index is 537.